The monoisotopic (exact) mass is 269 g/mol. The van der Waals surface area contributed by atoms with Gasteiger partial charge in [-0.15, -0.1) is 0 Å². The van der Waals surface area contributed by atoms with Crippen molar-refractivity contribution in [2.24, 2.45) is 0 Å². The molecule has 1 aromatic rings. The van der Waals surface area contributed by atoms with E-state index in [1.165, 1.54) is 0 Å². The minimum atomic E-state index is 0.0116. The van der Waals surface area contributed by atoms with E-state index in [9.17, 15) is 4.79 Å². The summed E-state index contributed by atoms with van der Waals surface area (Å²) in [5.41, 5.74) is 1.83. The van der Waals surface area contributed by atoms with Gasteiger partial charge in [-0.25, -0.2) is 4.79 Å². The van der Waals surface area contributed by atoms with Gasteiger partial charge in [0.15, 0.2) is 0 Å². The normalized spacial score (nSPS) is 16.4. The van der Waals surface area contributed by atoms with Crippen molar-refractivity contribution in [1.82, 2.24) is 15.4 Å². The van der Waals surface area contributed by atoms with E-state index in [2.05, 4.69) is 10.5 Å². The van der Waals surface area contributed by atoms with Gasteiger partial charge in [-0.05, 0) is 26.0 Å². The first-order valence-corrected chi connectivity index (χ1v) is 7.36. The van der Waals surface area contributed by atoms with Crippen LogP contribution in [0.1, 0.15) is 23.4 Å². The Morgan fingerprint density at radius 3 is 3.00 bits per heavy atom. The van der Waals surface area contributed by atoms with Gasteiger partial charge in [0.05, 0.1) is 5.69 Å². The molecule has 1 aliphatic heterocycles. The van der Waals surface area contributed by atoms with Gasteiger partial charge in [0, 0.05) is 31.0 Å². The number of carbonyl (C=O) groups excluding carboxylic acids is 1. The maximum Gasteiger partial charge on any atom is 0.317 e. The Morgan fingerprint density at radius 1 is 1.44 bits per heavy atom. The first-order valence-electron chi connectivity index (χ1n) is 6.20. The fourth-order valence-corrected chi connectivity index (χ4v) is 2.87. The second kappa shape index (κ2) is 6.13. The Balaban J connectivity index is 1.87. The lowest BCUT2D eigenvalue weighted by Gasteiger charge is -2.20. The van der Waals surface area contributed by atoms with Crippen molar-refractivity contribution in [3.8, 4) is 0 Å². The second-order valence-corrected chi connectivity index (χ2v) is 5.64. The summed E-state index contributed by atoms with van der Waals surface area (Å²) >= 11 is 1.91. The van der Waals surface area contributed by atoms with Gasteiger partial charge in [-0.2, -0.15) is 11.8 Å². The van der Waals surface area contributed by atoms with E-state index in [1.54, 1.807) is 0 Å². The van der Waals surface area contributed by atoms with E-state index in [0.717, 1.165) is 48.0 Å². The van der Waals surface area contributed by atoms with E-state index in [4.69, 9.17) is 4.52 Å². The average molecular weight is 269 g/mol. The van der Waals surface area contributed by atoms with Gasteiger partial charge in [0.1, 0.15) is 5.76 Å². The molecule has 100 valence electrons. The highest BCUT2D eigenvalue weighted by molar-refractivity contribution is 7.99. The van der Waals surface area contributed by atoms with Crippen LogP contribution in [0.15, 0.2) is 4.52 Å². The Kier molecular flexibility index (Phi) is 4.52. The molecule has 0 saturated carbocycles. The van der Waals surface area contributed by atoms with Crippen LogP contribution >= 0.6 is 11.8 Å². The number of urea groups is 1. The molecular weight excluding hydrogens is 250 g/mol. The third-order valence-corrected chi connectivity index (χ3v) is 4.16. The topological polar surface area (TPSA) is 58.4 Å². The maximum atomic E-state index is 12.0. The smallest absolute Gasteiger partial charge is 0.317 e. The van der Waals surface area contributed by atoms with Gasteiger partial charge < -0.3 is 14.7 Å². The fraction of sp³-hybridized carbons (Fsp3) is 0.667. The van der Waals surface area contributed by atoms with Crippen molar-refractivity contribution in [3.63, 3.8) is 0 Å². The molecule has 2 amide bonds. The zero-order valence-corrected chi connectivity index (χ0v) is 11.7. The molecule has 1 fully saturated rings. The number of hydrogen-bond donors (Lipinski definition) is 1. The van der Waals surface area contributed by atoms with Crippen LogP contribution in [-0.2, 0) is 6.54 Å². The van der Waals surface area contributed by atoms with E-state index >= 15 is 0 Å². The SMILES string of the molecule is Cc1noc(C)c1CNC(=O)N1CCCSCC1. The lowest BCUT2D eigenvalue weighted by atomic mass is 10.2. The van der Waals surface area contributed by atoms with Gasteiger partial charge in [0.25, 0.3) is 0 Å². The molecule has 0 spiro atoms. The number of nitrogens with zero attached hydrogens (tertiary/aromatic N) is 2. The summed E-state index contributed by atoms with van der Waals surface area (Å²) in [6, 6.07) is 0.0116. The van der Waals surface area contributed by atoms with Crippen LogP contribution in [0.4, 0.5) is 4.79 Å². The molecule has 1 aliphatic rings. The summed E-state index contributed by atoms with van der Waals surface area (Å²) in [7, 11) is 0. The number of amides is 2. The van der Waals surface area contributed by atoms with Crippen LogP contribution in [0.2, 0.25) is 0 Å². The zero-order chi connectivity index (χ0) is 13.0. The largest absolute Gasteiger partial charge is 0.361 e. The van der Waals surface area contributed by atoms with Crippen LogP contribution in [-0.4, -0.2) is 40.7 Å². The number of carbonyl (C=O) groups is 1. The molecule has 1 saturated heterocycles. The van der Waals surface area contributed by atoms with Crippen molar-refractivity contribution in [1.29, 1.82) is 0 Å². The lowest BCUT2D eigenvalue weighted by Crippen LogP contribution is -2.40. The minimum Gasteiger partial charge on any atom is -0.361 e. The highest BCUT2D eigenvalue weighted by Gasteiger charge is 2.16. The zero-order valence-electron chi connectivity index (χ0n) is 10.9. The molecule has 2 heterocycles. The van der Waals surface area contributed by atoms with E-state index < -0.39 is 0 Å². The molecule has 0 aromatic carbocycles. The third-order valence-electron chi connectivity index (χ3n) is 3.11. The molecule has 0 atom stereocenters. The Hall–Kier alpha value is -1.17. The fourth-order valence-electron chi connectivity index (χ4n) is 1.98. The number of nitrogens with one attached hydrogen (secondary N) is 1. The number of aromatic nitrogens is 1. The first kappa shape index (κ1) is 13.3. The summed E-state index contributed by atoms with van der Waals surface area (Å²) in [5.74, 6) is 2.95. The summed E-state index contributed by atoms with van der Waals surface area (Å²) in [6.07, 6.45) is 1.07. The van der Waals surface area contributed by atoms with Crippen molar-refractivity contribution >= 4 is 17.8 Å². The molecular formula is C12H19N3O2S. The summed E-state index contributed by atoms with van der Waals surface area (Å²) in [5, 5.41) is 6.82. The number of thioether (sulfide) groups is 1. The van der Waals surface area contributed by atoms with Gasteiger partial charge >= 0.3 is 6.03 Å². The summed E-state index contributed by atoms with van der Waals surface area (Å²) in [4.78, 5) is 13.9. The van der Waals surface area contributed by atoms with Crippen molar-refractivity contribution < 1.29 is 9.32 Å². The number of rotatable bonds is 2. The molecule has 2 rings (SSSR count). The molecule has 5 nitrogen and oxygen atoms in total. The molecule has 0 bridgehead atoms. The van der Waals surface area contributed by atoms with E-state index in [1.807, 2.05) is 30.5 Å². The summed E-state index contributed by atoms with van der Waals surface area (Å²) in [6.45, 7) is 5.92. The van der Waals surface area contributed by atoms with Crippen LogP contribution < -0.4 is 5.32 Å². The molecule has 0 radical (unpaired) electrons. The van der Waals surface area contributed by atoms with Crippen LogP contribution in [0.3, 0.4) is 0 Å². The van der Waals surface area contributed by atoms with Crippen LogP contribution in [0.25, 0.3) is 0 Å². The van der Waals surface area contributed by atoms with Crippen molar-refractivity contribution in [2.75, 3.05) is 24.6 Å². The van der Waals surface area contributed by atoms with Gasteiger partial charge in [-0.3, -0.25) is 0 Å². The maximum absolute atomic E-state index is 12.0. The van der Waals surface area contributed by atoms with E-state index in [0.29, 0.717) is 6.54 Å². The molecule has 1 N–H and O–H groups in total. The average Bonchev–Trinajstić information content (AvgIpc) is 2.61. The first-order chi connectivity index (χ1) is 8.68. The molecule has 0 aliphatic carbocycles. The second-order valence-electron chi connectivity index (χ2n) is 4.41. The molecule has 0 unspecified atom stereocenters. The molecule has 18 heavy (non-hydrogen) atoms. The lowest BCUT2D eigenvalue weighted by molar-refractivity contribution is 0.201. The minimum absolute atomic E-state index is 0.0116. The van der Waals surface area contributed by atoms with E-state index in [-0.39, 0.29) is 6.03 Å². The Bertz CT molecular complexity index is 392. The number of hydrogen-bond acceptors (Lipinski definition) is 4. The highest BCUT2D eigenvalue weighted by atomic mass is 32.2. The molecule has 1 aromatic heterocycles. The Labute approximate surface area is 111 Å². The quantitative estimate of drug-likeness (QED) is 0.891. The van der Waals surface area contributed by atoms with Crippen LogP contribution in [0, 0.1) is 13.8 Å². The highest BCUT2D eigenvalue weighted by Crippen LogP contribution is 2.13. The van der Waals surface area contributed by atoms with Crippen molar-refractivity contribution in [2.45, 2.75) is 26.8 Å². The molecule has 6 heteroatoms. The predicted molar refractivity (Wildman–Crippen MR) is 71.7 cm³/mol. The third kappa shape index (κ3) is 3.19. The summed E-state index contributed by atoms with van der Waals surface area (Å²) < 4.78 is 5.07. The van der Waals surface area contributed by atoms with Gasteiger partial charge in [-0.1, -0.05) is 5.16 Å². The van der Waals surface area contributed by atoms with Crippen molar-refractivity contribution in [3.05, 3.63) is 17.0 Å². The predicted octanol–water partition coefficient (Wildman–Crippen LogP) is 1.94. The van der Waals surface area contributed by atoms with Gasteiger partial charge in [0.2, 0.25) is 0 Å². The Morgan fingerprint density at radius 2 is 2.28 bits per heavy atom. The number of aryl methyl sites for hydroxylation is 2. The standard InChI is InChI=1S/C12H19N3O2S/c1-9-11(10(2)17-14-9)8-13-12(16)15-4-3-6-18-7-5-15/h3-8H2,1-2H3,(H,13,16). The van der Waals surface area contributed by atoms with Crippen LogP contribution in [0.5, 0.6) is 0 Å².